The van der Waals surface area contributed by atoms with Crippen LogP contribution in [0.5, 0.6) is 5.88 Å². The van der Waals surface area contributed by atoms with E-state index in [1.54, 1.807) is 0 Å². The molecule has 0 fully saturated rings. The van der Waals surface area contributed by atoms with Gasteiger partial charge in [-0.2, -0.15) is 4.37 Å². The predicted molar refractivity (Wildman–Crippen MR) is 111 cm³/mol. The molecule has 0 radical (unpaired) electrons. The Morgan fingerprint density at radius 1 is 1.23 bits per heavy atom. The Kier molecular flexibility index (Phi) is 8.48. The molecule has 2 aromatic rings. The Hall–Kier alpha value is -2.79. The van der Waals surface area contributed by atoms with E-state index in [2.05, 4.69) is 20.3 Å². The number of hydrogen-bond acceptors (Lipinski definition) is 6. The van der Waals surface area contributed by atoms with Crippen molar-refractivity contribution in [3.63, 3.8) is 0 Å². The molecule has 0 saturated heterocycles. The van der Waals surface area contributed by atoms with Crippen LogP contribution in [0.2, 0.25) is 0 Å². The third kappa shape index (κ3) is 6.36. The normalized spacial score (nSPS) is 10.9. The zero-order chi connectivity index (χ0) is 22.3. The average molecular weight is 442 g/mol. The van der Waals surface area contributed by atoms with E-state index in [0.717, 1.165) is 24.5 Å². The molecular formula is C19H25F2N5O3S. The number of nitrogens with one attached hydrogen (secondary N) is 3. The van der Waals surface area contributed by atoms with E-state index in [0.29, 0.717) is 12.6 Å². The molecule has 0 aliphatic rings. The number of nitrogens with two attached hydrogens (primary N) is 1. The van der Waals surface area contributed by atoms with E-state index >= 15 is 0 Å². The Labute approximate surface area is 177 Å². The number of nitrogens with zero attached hydrogens (tertiary/aromatic N) is 1. The maximum Gasteiger partial charge on any atom is 0.319 e. The molecule has 0 spiro atoms. The van der Waals surface area contributed by atoms with Gasteiger partial charge in [-0.15, -0.1) is 0 Å². The molecule has 5 N–H and O–H groups in total. The first-order valence-corrected chi connectivity index (χ1v) is 10.1. The molecule has 1 heterocycles. The third-order valence-electron chi connectivity index (χ3n) is 4.05. The monoisotopic (exact) mass is 441 g/mol. The van der Waals surface area contributed by atoms with Crippen LogP contribution in [0.1, 0.15) is 41.8 Å². The van der Waals surface area contributed by atoms with Crippen molar-refractivity contribution in [2.75, 3.05) is 18.4 Å². The van der Waals surface area contributed by atoms with Crippen LogP contribution in [-0.2, 0) is 6.61 Å². The smallest absolute Gasteiger partial charge is 0.319 e. The van der Waals surface area contributed by atoms with Crippen LogP contribution in [0.25, 0.3) is 0 Å². The topological polar surface area (TPSA) is 118 Å². The van der Waals surface area contributed by atoms with Crippen molar-refractivity contribution in [3.8, 4) is 5.88 Å². The first-order valence-electron chi connectivity index (χ1n) is 9.34. The van der Waals surface area contributed by atoms with Crippen LogP contribution in [0, 0.1) is 18.6 Å². The molecule has 3 amide bonds. The van der Waals surface area contributed by atoms with Crippen molar-refractivity contribution >= 4 is 28.5 Å². The summed E-state index contributed by atoms with van der Waals surface area (Å²) in [5.74, 6) is -3.03. The molecule has 8 nitrogen and oxygen atoms in total. The van der Waals surface area contributed by atoms with Crippen LogP contribution >= 0.6 is 11.5 Å². The number of hydrogen-bond donors (Lipinski definition) is 4. The highest BCUT2D eigenvalue weighted by Gasteiger charge is 2.22. The van der Waals surface area contributed by atoms with Gasteiger partial charge >= 0.3 is 6.03 Å². The number of urea groups is 1. The van der Waals surface area contributed by atoms with Gasteiger partial charge in [-0.25, -0.2) is 13.6 Å². The standard InChI is InChI=1S/C19H25F2N5O3S/c1-10(2)23-7-4-8-24-19(28)25-18-13(16(22)27)17(26-30-18)29-9-12-6-5-11(3)14(20)15(12)21/h5-6,10,23H,4,7-9H2,1-3H3,(H2,22,27)(H2,24,25,28). The van der Waals surface area contributed by atoms with Crippen molar-refractivity contribution in [1.82, 2.24) is 15.0 Å². The maximum absolute atomic E-state index is 14.0. The number of rotatable bonds is 10. The molecule has 1 aromatic heterocycles. The lowest BCUT2D eigenvalue weighted by Gasteiger charge is -2.10. The van der Waals surface area contributed by atoms with E-state index in [1.807, 2.05) is 13.8 Å². The van der Waals surface area contributed by atoms with E-state index in [-0.39, 0.29) is 34.2 Å². The minimum atomic E-state index is -1.03. The average Bonchev–Trinajstić information content (AvgIpc) is 3.07. The van der Waals surface area contributed by atoms with Gasteiger partial charge in [-0.05, 0) is 37.0 Å². The number of halogens is 2. The second-order valence-corrected chi connectivity index (χ2v) is 7.63. The third-order valence-corrected chi connectivity index (χ3v) is 4.79. The minimum absolute atomic E-state index is 0.0382. The second kappa shape index (κ2) is 10.8. The van der Waals surface area contributed by atoms with Gasteiger partial charge in [0, 0.05) is 18.2 Å². The van der Waals surface area contributed by atoms with Crippen molar-refractivity contribution in [2.45, 2.75) is 39.8 Å². The Morgan fingerprint density at radius 3 is 2.63 bits per heavy atom. The number of aromatic nitrogens is 1. The highest BCUT2D eigenvalue weighted by molar-refractivity contribution is 7.11. The molecule has 0 aliphatic carbocycles. The predicted octanol–water partition coefficient (Wildman–Crippen LogP) is 2.92. The van der Waals surface area contributed by atoms with Gasteiger partial charge in [0.25, 0.3) is 5.91 Å². The number of ether oxygens (including phenoxy) is 1. The van der Waals surface area contributed by atoms with Crippen molar-refractivity contribution in [3.05, 3.63) is 40.5 Å². The van der Waals surface area contributed by atoms with Gasteiger partial charge < -0.3 is 21.1 Å². The summed E-state index contributed by atoms with van der Waals surface area (Å²) >= 11 is 0.797. The SMILES string of the molecule is Cc1ccc(COc2nsc(NC(=O)NCCCNC(C)C)c2C(N)=O)c(F)c1F. The van der Waals surface area contributed by atoms with E-state index < -0.39 is 23.6 Å². The highest BCUT2D eigenvalue weighted by atomic mass is 32.1. The summed E-state index contributed by atoms with van der Waals surface area (Å²) in [5, 5.41) is 8.50. The molecule has 0 unspecified atom stereocenters. The summed E-state index contributed by atoms with van der Waals surface area (Å²) in [6.45, 7) is 6.31. The van der Waals surface area contributed by atoms with Crippen LogP contribution in [-0.4, -0.2) is 35.4 Å². The number of aryl methyl sites for hydroxylation is 1. The number of carbonyl (C=O) groups is 2. The molecule has 0 saturated carbocycles. The van der Waals surface area contributed by atoms with Crippen molar-refractivity contribution in [2.24, 2.45) is 5.73 Å². The summed E-state index contributed by atoms with van der Waals surface area (Å²) in [4.78, 5) is 23.9. The van der Waals surface area contributed by atoms with Gasteiger partial charge in [0.1, 0.15) is 17.2 Å². The Balaban J connectivity index is 1.99. The Morgan fingerprint density at radius 2 is 1.97 bits per heavy atom. The summed E-state index contributed by atoms with van der Waals surface area (Å²) in [6, 6.07) is 2.63. The fraction of sp³-hybridized carbons (Fsp3) is 0.421. The van der Waals surface area contributed by atoms with E-state index in [4.69, 9.17) is 10.5 Å². The number of primary amides is 1. The molecule has 0 atom stereocenters. The van der Waals surface area contributed by atoms with Crippen LogP contribution in [0.15, 0.2) is 12.1 Å². The zero-order valence-corrected chi connectivity index (χ0v) is 17.8. The lowest BCUT2D eigenvalue weighted by atomic mass is 10.1. The van der Waals surface area contributed by atoms with Crippen LogP contribution in [0.4, 0.5) is 18.6 Å². The zero-order valence-electron chi connectivity index (χ0n) is 17.0. The summed E-state index contributed by atoms with van der Waals surface area (Å²) in [6.07, 6.45) is 0.726. The summed E-state index contributed by atoms with van der Waals surface area (Å²) in [5.41, 5.74) is 5.37. The molecule has 0 aliphatic heterocycles. The largest absolute Gasteiger partial charge is 0.471 e. The molecular weight excluding hydrogens is 416 g/mol. The molecule has 164 valence electrons. The molecule has 1 aromatic carbocycles. The van der Waals surface area contributed by atoms with Crippen LogP contribution < -0.4 is 26.4 Å². The van der Waals surface area contributed by atoms with Crippen molar-refractivity contribution < 1.29 is 23.1 Å². The second-order valence-electron chi connectivity index (χ2n) is 6.86. The van der Waals surface area contributed by atoms with E-state index in [9.17, 15) is 18.4 Å². The maximum atomic E-state index is 14.0. The first kappa shape index (κ1) is 23.5. The van der Waals surface area contributed by atoms with Crippen LogP contribution in [0.3, 0.4) is 0 Å². The Bertz CT molecular complexity index is 905. The fourth-order valence-corrected chi connectivity index (χ4v) is 3.18. The summed E-state index contributed by atoms with van der Waals surface area (Å²) < 4.78 is 37.0. The molecule has 0 bridgehead atoms. The lowest BCUT2D eigenvalue weighted by Crippen LogP contribution is -2.32. The van der Waals surface area contributed by atoms with Crippen molar-refractivity contribution in [1.29, 1.82) is 0 Å². The molecule has 11 heteroatoms. The molecule has 30 heavy (non-hydrogen) atoms. The minimum Gasteiger partial charge on any atom is -0.471 e. The number of carbonyl (C=O) groups excluding carboxylic acids is 2. The van der Waals surface area contributed by atoms with Gasteiger partial charge in [-0.1, -0.05) is 26.0 Å². The fourth-order valence-electron chi connectivity index (χ4n) is 2.45. The molecule has 2 rings (SSSR count). The van der Waals surface area contributed by atoms with Gasteiger partial charge in [0.15, 0.2) is 11.6 Å². The summed E-state index contributed by atoms with van der Waals surface area (Å²) in [7, 11) is 0. The first-order chi connectivity index (χ1) is 14.2. The number of amides is 3. The van der Waals surface area contributed by atoms with Gasteiger partial charge in [0.2, 0.25) is 5.88 Å². The van der Waals surface area contributed by atoms with E-state index in [1.165, 1.54) is 19.1 Å². The van der Waals surface area contributed by atoms with Gasteiger partial charge in [0.05, 0.1) is 0 Å². The number of benzene rings is 1. The van der Waals surface area contributed by atoms with Gasteiger partial charge in [-0.3, -0.25) is 10.1 Å². The quantitative estimate of drug-likeness (QED) is 0.423. The number of anilines is 1. The lowest BCUT2D eigenvalue weighted by molar-refractivity contribution is 0.0996. The highest BCUT2D eigenvalue weighted by Crippen LogP contribution is 2.31.